The monoisotopic (exact) mass is 453 g/mol. The zero-order chi connectivity index (χ0) is 20.6. The molecular formula is C21H22Cl3N3O2. The number of alkyl halides is 3. The van der Waals surface area contributed by atoms with Gasteiger partial charge in [-0.3, -0.25) is 14.5 Å². The number of carbonyl (C=O) groups excluding carboxylic acids is 1. The molecule has 1 aromatic carbocycles. The van der Waals surface area contributed by atoms with Crippen LogP contribution >= 0.6 is 34.8 Å². The van der Waals surface area contributed by atoms with E-state index in [1.54, 1.807) is 12.1 Å². The molecule has 2 aromatic rings. The molecule has 1 fully saturated rings. The quantitative estimate of drug-likeness (QED) is 0.721. The lowest BCUT2D eigenvalue weighted by atomic mass is 9.83. The molecular weight excluding hydrogens is 433 g/mol. The van der Waals surface area contributed by atoms with Crippen molar-refractivity contribution >= 4 is 40.7 Å². The highest BCUT2D eigenvalue weighted by atomic mass is 35.6. The molecule has 3 atom stereocenters. The molecule has 3 heterocycles. The molecule has 4 rings (SSSR count). The van der Waals surface area contributed by atoms with Crippen LogP contribution in [0.2, 0.25) is 0 Å². The van der Waals surface area contributed by atoms with Gasteiger partial charge in [-0.05, 0) is 24.0 Å². The van der Waals surface area contributed by atoms with Crippen LogP contribution < -0.4 is 10.9 Å². The van der Waals surface area contributed by atoms with Crippen LogP contribution in [0.3, 0.4) is 0 Å². The van der Waals surface area contributed by atoms with Gasteiger partial charge in [0.25, 0.3) is 5.56 Å². The minimum Gasteiger partial charge on any atom is -0.336 e. The maximum atomic E-state index is 12.6. The zero-order valence-electron chi connectivity index (χ0n) is 15.7. The third kappa shape index (κ3) is 4.64. The van der Waals surface area contributed by atoms with Gasteiger partial charge in [0, 0.05) is 37.3 Å². The number of benzene rings is 1. The number of carbonyl (C=O) groups is 1. The maximum absolute atomic E-state index is 12.6. The van der Waals surface area contributed by atoms with Crippen molar-refractivity contribution < 1.29 is 4.79 Å². The van der Waals surface area contributed by atoms with E-state index in [1.165, 1.54) is 0 Å². The standard InChI is InChI=1S/C21H22Cl3N3O2/c22-21(23,24)20(25-18(28)10-14-5-2-1-3-6-14)26-11-15-9-16(13-26)17-7-4-8-19(29)27(17)12-15/h1-8,15-16,20H,9-13H2,(H,25,28)/t15-,16+,20+/m0/s1. The molecule has 0 spiro atoms. The number of fused-ring (bicyclic) bond motifs is 4. The minimum absolute atomic E-state index is 0.0275. The van der Waals surface area contributed by atoms with Crippen molar-refractivity contribution in [3.05, 3.63) is 70.1 Å². The van der Waals surface area contributed by atoms with Gasteiger partial charge < -0.3 is 9.88 Å². The number of nitrogens with zero attached hydrogens (tertiary/aromatic N) is 2. The van der Waals surface area contributed by atoms with Gasteiger partial charge in [-0.15, -0.1) is 0 Å². The van der Waals surface area contributed by atoms with Gasteiger partial charge in [0.05, 0.1) is 6.42 Å². The summed E-state index contributed by atoms with van der Waals surface area (Å²) >= 11 is 18.8. The molecule has 0 saturated carbocycles. The van der Waals surface area contributed by atoms with Crippen LogP contribution in [0.4, 0.5) is 0 Å². The van der Waals surface area contributed by atoms with Crippen molar-refractivity contribution in [2.24, 2.45) is 5.92 Å². The second-order valence-electron chi connectivity index (χ2n) is 7.83. The predicted octanol–water partition coefficient (Wildman–Crippen LogP) is 3.32. The Bertz CT molecular complexity index is 942. The number of likely N-dealkylation sites (tertiary alicyclic amines) is 1. The summed E-state index contributed by atoms with van der Waals surface area (Å²) in [4.78, 5) is 26.9. The molecule has 2 bridgehead atoms. The summed E-state index contributed by atoms with van der Waals surface area (Å²) in [6, 6.07) is 14.8. The van der Waals surface area contributed by atoms with E-state index in [0.717, 1.165) is 17.7 Å². The fourth-order valence-electron chi connectivity index (χ4n) is 4.51. The molecule has 0 aliphatic carbocycles. The Labute approximate surface area is 184 Å². The maximum Gasteiger partial charge on any atom is 0.250 e. The first-order valence-electron chi connectivity index (χ1n) is 9.65. The molecule has 154 valence electrons. The molecule has 5 nitrogen and oxygen atoms in total. The van der Waals surface area contributed by atoms with Crippen molar-refractivity contribution in [2.45, 2.75) is 35.3 Å². The SMILES string of the molecule is O=C(Cc1ccccc1)N[C@H](N1C[C@@H]2C[C@H](C1)c1cccc(=O)n1C2)C(Cl)(Cl)Cl. The van der Waals surface area contributed by atoms with Crippen molar-refractivity contribution in [3.8, 4) is 0 Å². The van der Waals surface area contributed by atoms with Crippen LogP contribution in [0.15, 0.2) is 53.3 Å². The van der Waals surface area contributed by atoms with E-state index < -0.39 is 9.96 Å². The van der Waals surface area contributed by atoms with E-state index in [1.807, 2.05) is 45.9 Å². The third-order valence-corrected chi connectivity index (χ3v) is 6.31. The van der Waals surface area contributed by atoms with Crippen molar-refractivity contribution in [1.29, 1.82) is 0 Å². The van der Waals surface area contributed by atoms with Gasteiger partial charge in [0.2, 0.25) is 9.70 Å². The summed E-state index contributed by atoms with van der Waals surface area (Å²) in [6.45, 7) is 1.91. The van der Waals surface area contributed by atoms with E-state index in [0.29, 0.717) is 19.6 Å². The summed E-state index contributed by atoms with van der Waals surface area (Å²) in [5.41, 5.74) is 1.94. The van der Waals surface area contributed by atoms with Gasteiger partial charge in [-0.1, -0.05) is 71.2 Å². The predicted molar refractivity (Wildman–Crippen MR) is 115 cm³/mol. The van der Waals surface area contributed by atoms with E-state index in [2.05, 4.69) is 5.32 Å². The number of hydrogen-bond donors (Lipinski definition) is 1. The molecule has 0 radical (unpaired) electrons. The topological polar surface area (TPSA) is 54.3 Å². The second kappa shape index (κ2) is 8.31. The normalized spacial score (nSPS) is 22.6. The molecule has 29 heavy (non-hydrogen) atoms. The Morgan fingerprint density at radius 3 is 2.55 bits per heavy atom. The first kappa shape index (κ1) is 20.7. The van der Waals surface area contributed by atoms with Crippen LogP contribution in [-0.4, -0.2) is 38.4 Å². The molecule has 0 unspecified atom stereocenters. The Morgan fingerprint density at radius 1 is 1.07 bits per heavy atom. The highest BCUT2D eigenvalue weighted by Crippen LogP contribution is 2.39. The molecule has 1 saturated heterocycles. The lowest BCUT2D eigenvalue weighted by Crippen LogP contribution is -2.60. The Hall–Kier alpha value is -1.53. The number of amides is 1. The number of piperidine rings is 1. The van der Waals surface area contributed by atoms with Crippen LogP contribution in [0.25, 0.3) is 0 Å². The van der Waals surface area contributed by atoms with Crippen molar-refractivity contribution in [2.75, 3.05) is 13.1 Å². The van der Waals surface area contributed by atoms with Gasteiger partial charge >= 0.3 is 0 Å². The molecule has 2 aliphatic rings. The van der Waals surface area contributed by atoms with E-state index in [-0.39, 0.29) is 29.7 Å². The Kier molecular flexibility index (Phi) is 5.94. The van der Waals surface area contributed by atoms with Crippen LogP contribution in [-0.2, 0) is 17.8 Å². The summed E-state index contributed by atoms with van der Waals surface area (Å²) in [6.07, 6.45) is 0.470. The first-order chi connectivity index (χ1) is 13.8. The third-order valence-electron chi connectivity index (χ3n) is 5.69. The smallest absolute Gasteiger partial charge is 0.250 e. The van der Waals surface area contributed by atoms with Crippen LogP contribution in [0, 0.1) is 5.92 Å². The largest absolute Gasteiger partial charge is 0.336 e. The summed E-state index contributed by atoms with van der Waals surface area (Å²) in [5.74, 6) is 0.236. The highest BCUT2D eigenvalue weighted by molar-refractivity contribution is 6.68. The van der Waals surface area contributed by atoms with E-state index in [4.69, 9.17) is 34.8 Å². The second-order valence-corrected chi connectivity index (χ2v) is 10.2. The van der Waals surface area contributed by atoms with Gasteiger partial charge in [-0.25, -0.2) is 0 Å². The number of hydrogen-bond acceptors (Lipinski definition) is 3. The van der Waals surface area contributed by atoms with E-state index in [9.17, 15) is 9.59 Å². The van der Waals surface area contributed by atoms with Crippen LogP contribution in [0.1, 0.15) is 23.6 Å². The van der Waals surface area contributed by atoms with Crippen LogP contribution in [0.5, 0.6) is 0 Å². The number of nitrogens with one attached hydrogen (secondary N) is 1. The van der Waals surface area contributed by atoms with Crippen molar-refractivity contribution in [3.63, 3.8) is 0 Å². The average molecular weight is 455 g/mol. The molecule has 1 amide bonds. The zero-order valence-corrected chi connectivity index (χ0v) is 18.0. The average Bonchev–Trinajstić information content (AvgIpc) is 2.67. The fourth-order valence-corrected chi connectivity index (χ4v) is 5.09. The summed E-state index contributed by atoms with van der Waals surface area (Å²) < 4.78 is 0.183. The number of halogens is 3. The molecule has 1 aromatic heterocycles. The lowest BCUT2D eigenvalue weighted by molar-refractivity contribution is -0.122. The summed E-state index contributed by atoms with van der Waals surface area (Å²) in [7, 11) is 0. The molecule has 2 aliphatic heterocycles. The van der Waals surface area contributed by atoms with Crippen molar-refractivity contribution in [1.82, 2.24) is 14.8 Å². The first-order valence-corrected chi connectivity index (χ1v) is 10.8. The van der Waals surface area contributed by atoms with Gasteiger partial charge in [0.15, 0.2) is 0 Å². The number of rotatable bonds is 4. The van der Waals surface area contributed by atoms with Gasteiger partial charge in [0.1, 0.15) is 6.17 Å². The summed E-state index contributed by atoms with van der Waals surface area (Å²) in [5, 5.41) is 2.92. The Morgan fingerprint density at radius 2 is 1.83 bits per heavy atom. The fraction of sp³-hybridized carbons (Fsp3) is 0.429. The Balaban J connectivity index is 1.53. The highest BCUT2D eigenvalue weighted by Gasteiger charge is 2.44. The number of aromatic nitrogens is 1. The molecule has 1 N–H and O–H groups in total. The number of pyridine rings is 1. The molecule has 8 heteroatoms. The lowest BCUT2D eigenvalue weighted by Gasteiger charge is -2.47. The van der Waals surface area contributed by atoms with E-state index >= 15 is 0 Å². The van der Waals surface area contributed by atoms with Gasteiger partial charge in [-0.2, -0.15) is 0 Å². The minimum atomic E-state index is -1.67.